The van der Waals surface area contributed by atoms with Crippen molar-refractivity contribution in [2.45, 2.75) is 6.42 Å². The second kappa shape index (κ2) is 5.87. The third-order valence-electron chi connectivity index (χ3n) is 5.78. The first-order valence-corrected chi connectivity index (χ1v) is 9.01. The van der Waals surface area contributed by atoms with Gasteiger partial charge in [0.1, 0.15) is 0 Å². The van der Waals surface area contributed by atoms with Crippen LogP contribution < -0.4 is 10.2 Å². The van der Waals surface area contributed by atoms with Crippen LogP contribution in [0.3, 0.4) is 0 Å². The van der Waals surface area contributed by atoms with Crippen LogP contribution in [-0.4, -0.2) is 22.7 Å². The normalized spacial score (nSPS) is 27.9. The molecule has 2 bridgehead atoms. The van der Waals surface area contributed by atoms with Crippen molar-refractivity contribution in [3.05, 3.63) is 66.5 Å². The summed E-state index contributed by atoms with van der Waals surface area (Å²) >= 11 is 0. The van der Waals surface area contributed by atoms with Crippen LogP contribution in [0.2, 0.25) is 0 Å². The van der Waals surface area contributed by atoms with Crippen molar-refractivity contribution >= 4 is 29.1 Å². The van der Waals surface area contributed by atoms with Gasteiger partial charge in [-0.15, -0.1) is 0 Å². The Bertz CT molecular complexity index is 938. The second-order valence-corrected chi connectivity index (χ2v) is 7.25. The Hall–Kier alpha value is -3.28. The molecule has 1 saturated carbocycles. The number of benzene rings is 1. The predicted molar refractivity (Wildman–Crippen MR) is 98.8 cm³/mol. The highest BCUT2D eigenvalue weighted by atomic mass is 16.2. The Morgan fingerprint density at radius 3 is 2.26 bits per heavy atom. The van der Waals surface area contributed by atoms with Gasteiger partial charge in [0, 0.05) is 11.8 Å². The summed E-state index contributed by atoms with van der Waals surface area (Å²) in [4.78, 5) is 43.3. The number of imide groups is 1. The average molecular weight is 359 g/mol. The van der Waals surface area contributed by atoms with Gasteiger partial charge in [0.15, 0.2) is 0 Å². The summed E-state index contributed by atoms with van der Waals surface area (Å²) in [6, 6.07) is 10.1. The number of rotatable bonds is 3. The standard InChI is InChI=1S/C21H17N3O3/c25-19(23-15-2-1-9-22-11-15)12-5-7-16(8-6-12)24-20(26)17-13-3-4-14(10-13)18(17)21(24)27/h1-9,11,13-14,17-18H,10H2,(H,23,25). The van der Waals surface area contributed by atoms with Crippen LogP contribution in [0.25, 0.3) is 0 Å². The predicted octanol–water partition coefficient (Wildman–Crippen LogP) is 2.65. The molecule has 0 radical (unpaired) electrons. The smallest absolute Gasteiger partial charge is 0.255 e. The molecule has 0 spiro atoms. The van der Waals surface area contributed by atoms with E-state index >= 15 is 0 Å². The van der Waals surface area contributed by atoms with E-state index in [9.17, 15) is 14.4 Å². The van der Waals surface area contributed by atoms with Crippen LogP contribution in [0.5, 0.6) is 0 Å². The molecule has 134 valence electrons. The number of fused-ring (bicyclic) bond motifs is 5. The third-order valence-corrected chi connectivity index (χ3v) is 5.78. The number of aromatic nitrogens is 1. The number of allylic oxidation sites excluding steroid dienone is 2. The van der Waals surface area contributed by atoms with E-state index in [-0.39, 0.29) is 41.4 Å². The zero-order chi connectivity index (χ0) is 18.5. The van der Waals surface area contributed by atoms with Crippen LogP contribution in [-0.2, 0) is 9.59 Å². The zero-order valence-electron chi connectivity index (χ0n) is 14.4. The number of pyridine rings is 1. The van der Waals surface area contributed by atoms with E-state index in [0.717, 1.165) is 6.42 Å². The van der Waals surface area contributed by atoms with E-state index in [1.165, 1.54) is 4.90 Å². The highest BCUT2D eigenvalue weighted by Gasteiger charge is 2.59. The molecule has 2 fully saturated rings. The number of anilines is 2. The minimum absolute atomic E-state index is 0.116. The quantitative estimate of drug-likeness (QED) is 0.675. The van der Waals surface area contributed by atoms with Gasteiger partial charge in [-0.25, -0.2) is 0 Å². The van der Waals surface area contributed by atoms with Crippen molar-refractivity contribution in [3.63, 3.8) is 0 Å². The largest absolute Gasteiger partial charge is 0.321 e. The topological polar surface area (TPSA) is 79.4 Å². The summed E-state index contributed by atoms with van der Waals surface area (Å²) in [5.74, 6) is -0.573. The molecule has 1 aromatic carbocycles. The van der Waals surface area contributed by atoms with Gasteiger partial charge in [-0.05, 0) is 54.7 Å². The highest BCUT2D eigenvalue weighted by molar-refractivity contribution is 6.23. The van der Waals surface area contributed by atoms with E-state index < -0.39 is 0 Å². The molecule has 4 unspecified atom stereocenters. The molecule has 2 aromatic rings. The molecule has 1 aliphatic heterocycles. The van der Waals surface area contributed by atoms with Gasteiger partial charge in [-0.2, -0.15) is 0 Å². The van der Waals surface area contributed by atoms with Crippen molar-refractivity contribution in [1.29, 1.82) is 0 Å². The Balaban J connectivity index is 1.36. The molecule has 3 aliphatic rings. The maximum Gasteiger partial charge on any atom is 0.255 e. The monoisotopic (exact) mass is 359 g/mol. The summed E-state index contributed by atoms with van der Waals surface area (Å²) in [6.45, 7) is 0. The highest BCUT2D eigenvalue weighted by Crippen LogP contribution is 2.53. The molecule has 2 heterocycles. The van der Waals surface area contributed by atoms with Gasteiger partial charge >= 0.3 is 0 Å². The number of amides is 3. The van der Waals surface area contributed by atoms with E-state index in [1.807, 2.05) is 0 Å². The van der Waals surface area contributed by atoms with Gasteiger partial charge < -0.3 is 5.32 Å². The maximum absolute atomic E-state index is 12.8. The minimum Gasteiger partial charge on any atom is -0.321 e. The number of hydrogen-bond acceptors (Lipinski definition) is 4. The van der Waals surface area contributed by atoms with Crippen molar-refractivity contribution in [3.8, 4) is 0 Å². The fraction of sp³-hybridized carbons (Fsp3) is 0.238. The summed E-state index contributed by atoms with van der Waals surface area (Å²) < 4.78 is 0. The number of carbonyl (C=O) groups is 3. The first-order valence-electron chi connectivity index (χ1n) is 9.01. The molecule has 27 heavy (non-hydrogen) atoms. The van der Waals surface area contributed by atoms with Gasteiger partial charge in [-0.3, -0.25) is 24.3 Å². The number of hydrogen-bond donors (Lipinski definition) is 1. The van der Waals surface area contributed by atoms with E-state index in [1.54, 1.807) is 48.8 Å². The fourth-order valence-electron chi connectivity index (χ4n) is 4.56. The molecule has 4 atom stereocenters. The van der Waals surface area contributed by atoms with Gasteiger partial charge in [-0.1, -0.05) is 12.2 Å². The number of nitrogens with zero attached hydrogens (tertiary/aromatic N) is 2. The Kier molecular flexibility index (Phi) is 3.47. The van der Waals surface area contributed by atoms with Crippen LogP contribution in [0.15, 0.2) is 60.9 Å². The number of nitrogens with one attached hydrogen (secondary N) is 1. The average Bonchev–Trinajstić information content (AvgIpc) is 3.37. The summed E-state index contributed by atoms with van der Waals surface area (Å²) in [5, 5.41) is 2.76. The van der Waals surface area contributed by atoms with Gasteiger partial charge in [0.2, 0.25) is 11.8 Å². The van der Waals surface area contributed by atoms with Crippen LogP contribution in [0, 0.1) is 23.7 Å². The lowest BCUT2D eigenvalue weighted by Crippen LogP contribution is -2.32. The van der Waals surface area contributed by atoms with Crippen molar-refractivity contribution in [1.82, 2.24) is 4.98 Å². The maximum atomic E-state index is 12.8. The number of carbonyl (C=O) groups excluding carboxylic acids is 3. The molecular weight excluding hydrogens is 342 g/mol. The zero-order valence-corrected chi connectivity index (χ0v) is 14.4. The minimum atomic E-state index is -0.271. The van der Waals surface area contributed by atoms with Gasteiger partial charge in [0.05, 0.1) is 29.4 Å². The lowest BCUT2D eigenvalue weighted by Gasteiger charge is -2.17. The molecule has 1 saturated heterocycles. The molecule has 1 aromatic heterocycles. The first-order chi connectivity index (χ1) is 13.1. The molecule has 5 rings (SSSR count). The van der Waals surface area contributed by atoms with Crippen molar-refractivity contribution in [2.75, 3.05) is 10.2 Å². The Labute approximate surface area is 155 Å². The Morgan fingerprint density at radius 1 is 1.00 bits per heavy atom. The van der Waals surface area contributed by atoms with Crippen LogP contribution >= 0.6 is 0 Å². The van der Waals surface area contributed by atoms with E-state index in [0.29, 0.717) is 16.9 Å². The summed E-state index contributed by atoms with van der Waals surface area (Å²) in [7, 11) is 0. The van der Waals surface area contributed by atoms with Crippen molar-refractivity contribution < 1.29 is 14.4 Å². The second-order valence-electron chi connectivity index (χ2n) is 7.25. The Morgan fingerprint density at radius 2 is 1.67 bits per heavy atom. The first kappa shape index (κ1) is 15.9. The van der Waals surface area contributed by atoms with Crippen LogP contribution in [0.4, 0.5) is 11.4 Å². The summed E-state index contributed by atoms with van der Waals surface area (Å²) in [6.07, 6.45) is 8.26. The third kappa shape index (κ3) is 2.40. The van der Waals surface area contributed by atoms with Crippen LogP contribution in [0.1, 0.15) is 16.8 Å². The molecule has 3 amide bonds. The van der Waals surface area contributed by atoms with Crippen molar-refractivity contribution in [2.24, 2.45) is 23.7 Å². The molecule has 1 N–H and O–H groups in total. The molecular formula is C21H17N3O3. The van der Waals surface area contributed by atoms with Gasteiger partial charge in [0.25, 0.3) is 5.91 Å². The summed E-state index contributed by atoms with van der Waals surface area (Å²) in [5.41, 5.74) is 1.58. The fourth-order valence-corrected chi connectivity index (χ4v) is 4.56. The SMILES string of the molecule is O=C(Nc1cccnc1)c1ccc(N2C(=O)C3C4C=CC(C4)C3C2=O)cc1. The lowest BCUT2D eigenvalue weighted by molar-refractivity contribution is -0.123. The molecule has 2 aliphatic carbocycles. The molecule has 6 nitrogen and oxygen atoms in total. The molecule has 6 heteroatoms. The lowest BCUT2D eigenvalue weighted by atomic mass is 9.85. The van der Waals surface area contributed by atoms with E-state index in [2.05, 4.69) is 22.5 Å². The van der Waals surface area contributed by atoms with E-state index in [4.69, 9.17) is 0 Å².